The topological polar surface area (TPSA) is 56.5 Å². The Hall–Kier alpha value is -2.20. The molecule has 116 valence electrons. The first kappa shape index (κ1) is 14.7. The zero-order chi connectivity index (χ0) is 15.5. The molecule has 4 nitrogen and oxygen atoms in total. The van der Waals surface area contributed by atoms with E-state index in [1.54, 1.807) is 14.2 Å². The summed E-state index contributed by atoms with van der Waals surface area (Å²) in [5.74, 6) is 1.58. The van der Waals surface area contributed by atoms with Gasteiger partial charge in [-0.05, 0) is 60.3 Å². The van der Waals surface area contributed by atoms with Crippen LogP contribution in [0.25, 0.3) is 0 Å². The maximum absolute atomic E-state index is 5.76. The van der Waals surface area contributed by atoms with Gasteiger partial charge in [-0.25, -0.2) is 0 Å². The fraction of sp³-hybridized carbons (Fsp3) is 0.333. The Kier molecular flexibility index (Phi) is 4.20. The number of nitrogens with two attached hydrogens (primary N) is 1. The predicted octanol–water partition coefficient (Wildman–Crippen LogP) is 2.72. The highest BCUT2D eigenvalue weighted by atomic mass is 16.5. The molecule has 1 aliphatic rings. The number of methoxy groups -OCH3 is 2. The molecule has 0 saturated carbocycles. The molecule has 2 aromatic carbocycles. The number of hydrogen-bond acceptors (Lipinski definition) is 4. The minimum Gasteiger partial charge on any atom is -0.493 e. The van der Waals surface area contributed by atoms with Crippen LogP contribution in [0.15, 0.2) is 36.4 Å². The molecule has 0 unspecified atom stereocenters. The third-order valence-corrected chi connectivity index (χ3v) is 4.23. The van der Waals surface area contributed by atoms with Crippen LogP contribution in [0.3, 0.4) is 0 Å². The Balaban J connectivity index is 1.91. The quantitative estimate of drug-likeness (QED) is 0.852. The van der Waals surface area contributed by atoms with E-state index >= 15 is 0 Å². The van der Waals surface area contributed by atoms with Crippen LogP contribution < -0.4 is 20.5 Å². The van der Waals surface area contributed by atoms with E-state index in [2.05, 4.69) is 29.6 Å². The molecule has 22 heavy (non-hydrogen) atoms. The molecule has 4 heteroatoms. The first-order valence-electron chi connectivity index (χ1n) is 7.54. The molecule has 2 aromatic rings. The fourth-order valence-corrected chi connectivity index (χ4v) is 3.04. The highest BCUT2D eigenvalue weighted by molar-refractivity contribution is 5.50. The molecule has 1 aliphatic heterocycles. The monoisotopic (exact) mass is 298 g/mol. The van der Waals surface area contributed by atoms with Crippen LogP contribution in [0.5, 0.6) is 11.5 Å². The van der Waals surface area contributed by atoms with Crippen LogP contribution in [0, 0.1) is 0 Å². The van der Waals surface area contributed by atoms with Crippen LogP contribution >= 0.6 is 0 Å². The first-order valence-corrected chi connectivity index (χ1v) is 7.54. The third kappa shape index (κ3) is 2.88. The van der Waals surface area contributed by atoms with E-state index in [-0.39, 0.29) is 6.04 Å². The summed E-state index contributed by atoms with van der Waals surface area (Å²) in [6.45, 7) is 0.974. The van der Waals surface area contributed by atoms with Crippen molar-refractivity contribution < 1.29 is 9.47 Å². The third-order valence-electron chi connectivity index (χ3n) is 4.23. The number of hydrogen-bond donors (Lipinski definition) is 2. The van der Waals surface area contributed by atoms with Crippen molar-refractivity contribution >= 4 is 5.69 Å². The molecule has 0 aliphatic carbocycles. The molecule has 0 saturated heterocycles. The number of rotatable bonds is 4. The minimum atomic E-state index is 0.284. The van der Waals surface area contributed by atoms with E-state index in [0.29, 0.717) is 0 Å². The summed E-state index contributed by atoms with van der Waals surface area (Å²) in [7, 11) is 3.35. The zero-order valence-corrected chi connectivity index (χ0v) is 13.1. The Bertz CT molecular complexity index is 653. The molecule has 0 amide bonds. The van der Waals surface area contributed by atoms with Crippen molar-refractivity contribution in [1.29, 1.82) is 0 Å². The van der Waals surface area contributed by atoms with Gasteiger partial charge in [0, 0.05) is 11.7 Å². The standard InChI is InChI=1S/C18H22N2O2/c1-21-17-10-13-7-8-20-16(15(13)11-18(17)22-2)9-12-3-5-14(19)6-4-12/h3-6,10-11,16,20H,7-9,19H2,1-2H3/t16-/m1/s1. The summed E-state index contributed by atoms with van der Waals surface area (Å²) in [6, 6.07) is 12.6. The second-order valence-corrected chi connectivity index (χ2v) is 5.61. The van der Waals surface area contributed by atoms with Gasteiger partial charge in [0.15, 0.2) is 11.5 Å². The van der Waals surface area contributed by atoms with E-state index < -0.39 is 0 Å². The lowest BCUT2D eigenvalue weighted by Gasteiger charge is -2.28. The molecule has 3 N–H and O–H groups in total. The largest absolute Gasteiger partial charge is 0.493 e. The molecule has 0 fully saturated rings. The Morgan fingerprint density at radius 1 is 1.09 bits per heavy atom. The van der Waals surface area contributed by atoms with Gasteiger partial charge in [0.2, 0.25) is 0 Å². The van der Waals surface area contributed by atoms with Gasteiger partial charge in [-0.3, -0.25) is 0 Å². The number of fused-ring (bicyclic) bond motifs is 1. The number of nitrogen functional groups attached to an aromatic ring is 1. The molecule has 1 heterocycles. The van der Waals surface area contributed by atoms with Crippen molar-refractivity contribution in [1.82, 2.24) is 5.32 Å². The van der Waals surface area contributed by atoms with Crippen LogP contribution in [0.4, 0.5) is 5.69 Å². The van der Waals surface area contributed by atoms with E-state index in [1.807, 2.05) is 12.1 Å². The van der Waals surface area contributed by atoms with Crippen molar-refractivity contribution in [3.63, 3.8) is 0 Å². The first-order chi connectivity index (χ1) is 10.7. The number of anilines is 1. The molecule has 0 aromatic heterocycles. The second-order valence-electron chi connectivity index (χ2n) is 5.61. The van der Waals surface area contributed by atoms with Crippen molar-refractivity contribution in [2.45, 2.75) is 18.9 Å². The van der Waals surface area contributed by atoms with E-state index in [1.165, 1.54) is 16.7 Å². The van der Waals surface area contributed by atoms with E-state index in [4.69, 9.17) is 15.2 Å². The van der Waals surface area contributed by atoms with Crippen molar-refractivity contribution in [2.24, 2.45) is 0 Å². The summed E-state index contributed by atoms with van der Waals surface area (Å²) in [5.41, 5.74) is 10.5. The molecule has 0 bridgehead atoms. The normalized spacial score (nSPS) is 16.9. The summed E-state index contributed by atoms with van der Waals surface area (Å²) in [4.78, 5) is 0. The van der Waals surface area contributed by atoms with Crippen molar-refractivity contribution in [3.8, 4) is 11.5 Å². The second kappa shape index (κ2) is 6.28. The lowest BCUT2D eigenvalue weighted by Crippen LogP contribution is -2.31. The Labute approximate surface area is 131 Å². The van der Waals surface area contributed by atoms with Gasteiger partial charge in [0.25, 0.3) is 0 Å². The molecule has 0 spiro atoms. The maximum Gasteiger partial charge on any atom is 0.161 e. The zero-order valence-electron chi connectivity index (χ0n) is 13.1. The van der Waals surface area contributed by atoms with Gasteiger partial charge in [0.05, 0.1) is 14.2 Å². The van der Waals surface area contributed by atoms with E-state index in [9.17, 15) is 0 Å². The van der Waals surface area contributed by atoms with Crippen LogP contribution in [0.2, 0.25) is 0 Å². The average Bonchev–Trinajstić information content (AvgIpc) is 2.56. The molecule has 3 rings (SSSR count). The predicted molar refractivity (Wildman–Crippen MR) is 88.6 cm³/mol. The average molecular weight is 298 g/mol. The van der Waals surface area contributed by atoms with Crippen LogP contribution in [0.1, 0.15) is 22.7 Å². The van der Waals surface area contributed by atoms with Gasteiger partial charge in [-0.1, -0.05) is 12.1 Å². The molecule has 0 radical (unpaired) electrons. The van der Waals surface area contributed by atoms with Gasteiger partial charge >= 0.3 is 0 Å². The maximum atomic E-state index is 5.76. The summed E-state index contributed by atoms with van der Waals surface area (Å²) < 4.78 is 10.9. The highest BCUT2D eigenvalue weighted by Crippen LogP contribution is 2.36. The van der Waals surface area contributed by atoms with Crippen molar-refractivity contribution in [2.75, 3.05) is 26.5 Å². The minimum absolute atomic E-state index is 0.284. The number of nitrogens with one attached hydrogen (secondary N) is 1. The fourth-order valence-electron chi connectivity index (χ4n) is 3.04. The molecular weight excluding hydrogens is 276 g/mol. The van der Waals surface area contributed by atoms with Crippen LogP contribution in [-0.4, -0.2) is 20.8 Å². The van der Waals surface area contributed by atoms with Gasteiger partial charge in [0.1, 0.15) is 0 Å². The number of ether oxygens (including phenoxy) is 2. The molecular formula is C18H22N2O2. The SMILES string of the molecule is COc1cc2c(cc1OC)[C@@H](Cc1ccc(N)cc1)NCC2. The molecule has 1 atom stereocenters. The van der Waals surface area contributed by atoms with Gasteiger partial charge < -0.3 is 20.5 Å². The van der Waals surface area contributed by atoms with Gasteiger partial charge in [-0.2, -0.15) is 0 Å². The Morgan fingerprint density at radius 2 is 1.77 bits per heavy atom. The summed E-state index contributed by atoms with van der Waals surface area (Å²) in [6.07, 6.45) is 1.94. The van der Waals surface area contributed by atoms with Crippen molar-refractivity contribution in [3.05, 3.63) is 53.1 Å². The number of benzene rings is 2. The lowest BCUT2D eigenvalue weighted by molar-refractivity contribution is 0.352. The van der Waals surface area contributed by atoms with E-state index in [0.717, 1.165) is 36.6 Å². The summed E-state index contributed by atoms with van der Waals surface area (Å²) >= 11 is 0. The van der Waals surface area contributed by atoms with Gasteiger partial charge in [-0.15, -0.1) is 0 Å². The smallest absolute Gasteiger partial charge is 0.161 e. The Morgan fingerprint density at radius 3 is 2.45 bits per heavy atom. The highest BCUT2D eigenvalue weighted by Gasteiger charge is 2.22. The summed E-state index contributed by atoms with van der Waals surface area (Å²) in [5, 5.41) is 3.60. The lowest BCUT2D eigenvalue weighted by atomic mass is 9.90. The van der Waals surface area contributed by atoms with Crippen LogP contribution in [-0.2, 0) is 12.8 Å².